The van der Waals surface area contributed by atoms with Gasteiger partial charge in [0.05, 0.1) is 29.2 Å². The summed E-state index contributed by atoms with van der Waals surface area (Å²) in [6.07, 6.45) is 0. The molecule has 0 aliphatic carbocycles. The summed E-state index contributed by atoms with van der Waals surface area (Å²) in [4.78, 5) is 30.1. The Balaban J connectivity index is 1.82. The number of anilines is 1. The maximum absolute atomic E-state index is 14.0. The van der Waals surface area contributed by atoms with Crippen LogP contribution < -0.4 is 21.5 Å². The predicted molar refractivity (Wildman–Crippen MR) is 138 cm³/mol. The van der Waals surface area contributed by atoms with Crippen molar-refractivity contribution in [3.8, 4) is 0 Å². The van der Waals surface area contributed by atoms with Crippen LogP contribution in [0.2, 0.25) is 5.02 Å². The second-order valence-corrected chi connectivity index (χ2v) is 9.11. The van der Waals surface area contributed by atoms with Crippen LogP contribution >= 0.6 is 11.6 Å². The van der Waals surface area contributed by atoms with E-state index < -0.39 is 6.04 Å². The second kappa shape index (κ2) is 9.49. The lowest BCUT2D eigenvalue weighted by Gasteiger charge is -2.31. The van der Waals surface area contributed by atoms with Crippen LogP contribution in [0.5, 0.6) is 0 Å². The van der Waals surface area contributed by atoms with Crippen LogP contribution in [0.1, 0.15) is 24.1 Å². The first-order chi connectivity index (χ1) is 16.5. The van der Waals surface area contributed by atoms with E-state index in [1.54, 1.807) is 10.6 Å². The van der Waals surface area contributed by atoms with E-state index in [0.29, 0.717) is 22.5 Å². The Morgan fingerprint density at radius 3 is 2.26 bits per heavy atom. The first kappa shape index (κ1) is 22.4. The van der Waals surface area contributed by atoms with Gasteiger partial charge in [-0.15, -0.1) is 0 Å². The van der Waals surface area contributed by atoms with E-state index in [9.17, 15) is 9.59 Å². The number of rotatable bonds is 5. The molecule has 1 aliphatic rings. The fourth-order valence-corrected chi connectivity index (χ4v) is 4.95. The van der Waals surface area contributed by atoms with E-state index in [4.69, 9.17) is 11.6 Å². The predicted octanol–water partition coefficient (Wildman–Crippen LogP) is 3.88. The molecule has 1 atom stereocenters. The quantitative estimate of drug-likeness (QED) is 0.477. The number of nitrogens with one attached hydrogen (secondary N) is 1. The van der Waals surface area contributed by atoms with Gasteiger partial charge in [0.25, 0.3) is 5.56 Å². The van der Waals surface area contributed by atoms with Crippen LogP contribution in [0.4, 0.5) is 5.69 Å². The molecule has 1 fully saturated rings. The van der Waals surface area contributed by atoms with Crippen molar-refractivity contribution in [2.75, 3.05) is 31.1 Å². The molecule has 5 rings (SSSR count). The first-order valence-electron chi connectivity index (χ1n) is 11.6. The molecule has 0 saturated carbocycles. The summed E-state index contributed by atoms with van der Waals surface area (Å²) < 4.78 is 3.07. The lowest BCUT2D eigenvalue weighted by Crippen LogP contribution is -2.45. The summed E-state index contributed by atoms with van der Waals surface area (Å²) in [5.41, 5.74) is 2.61. The highest BCUT2D eigenvalue weighted by Gasteiger charge is 2.24. The highest BCUT2D eigenvalue weighted by molar-refractivity contribution is 6.31. The summed E-state index contributed by atoms with van der Waals surface area (Å²) in [6.45, 7) is 5.43. The lowest BCUT2D eigenvalue weighted by atomic mass is 10.1. The fourth-order valence-electron chi connectivity index (χ4n) is 4.75. The number of hydrogen-bond acceptors (Lipinski definition) is 4. The van der Waals surface area contributed by atoms with Gasteiger partial charge in [0.15, 0.2) is 0 Å². The van der Waals surface area contributed by atoms with Crippen molar-refractivity contribution in [3.63, 3.8) is 0 Å². The molecule has 6 nitrogen and oxygen atoms in total. The van der Waals surface area contributed by atoms with Crippen molar-refractivity contribution in [3.05, 3.63) is 110 Å². The van der Waals surface area contributed by atoms with Crippen LogP contribution in [-0.4, -0.2) is 35.3 Å². The highest BCUT2D eigenvalue weighted by Crippen LogP contribution is 2.29. The van der Waals surface area contributed by atoms with Crippen molar-refractivity contribution in [1.29, 1.82) is 0 Å². The minimum absolute atomic E-state index is 0.286. The second-order valence-electron chi connectivity index (χ2n) is 8.67. The molecule has 1 aliphatic heterocycles. The maximum Gasteiger partial charge on any atom is 0.332 e. The molecule has 3 aromatic carbocycles. The minimum atomic E-state index is -0.417. The molecule has 0 spiro atoms. The molecule has 2 heterocycles. The normalized spacial score (nSPS) is 14.9. The molecule has 174 valence electrons. The standard InChI is InChI=1S/C27H27ClN4O2/c1-19(21-10-6-3-7-11-21)32-26(33)25-23(30-14-12-29-13-15-30)16-22(28)17-24(25)31(27(32)34)18-20-8-4-2-5-9-20/h2-11,16-17,19,29H,12-15,18H2,1H3. The molecule has 1 saturated heterocycles. The Bertz CT molecular complexity index is 1420. The van der Waals surface area contributed by atoms with E-state index in [2.05, 4.69) is 10.2 Å². The first-order valence-corrected chi connectivity index (χ1v) is 12.0. The van der Waals surface area contributed by atoms with Gasteiger partial charge in [-0.25, -0.2) is 4.79 Å². The molecule has 0 amide bonds. The number of benzene rings is 3. The topological polar surface area (TPSA) is 59.3 Å². The van der Waals surface area contributed by atoms with E-state index >= 15 is 0 Å². The number of fused-ring (bicyclic) bond motifs is 1. The molecule has 4 aromatic rings. The number of halogens is 1. The fraction of sp³-hybridized carbons (Fsp3) is 0.259. The van der Waals surface area contributed by atoms with Gasteiger partial charge in [-0.3, -0.25) is 13.9 Å². The Hall–Kier alpha value is -3.35. The largest absolute Gasteiger partial charge is 0.368 e. The van der Waals surface area contributed by atoms with Crippen molar-refractivity contribution >= 4 is 28.2 Å². The van der Waals surface area contributed by atoms with Crippen molar-refractivity contribution < 1.29 is 0 Å². The summed E-state index contributed by atoms with van der Waals surface area (Å²) in [5, 5.41) is 4.39. The SMILES string of the molecule is CC(c1ccccc1)n1c(=O)c2c(N3CCNCC3)cc(Cl)cc2n(Cc2ccccc2)c1=O. The lowest BCUT2D eigenvalue weighted by molar-refractivity contribution is 0.549. The number of piperazine rings is 1. The summed E-state index contributed by atoms with van der Waals surface area (Å²) in [7, 11) is 0. The third kappa shape index (κ3) is 4.15. The Morgan fingerprint density at radius 2 is 1.59 bits per heavy atom. The van der Waals surface area contributed by atoms with Gasteiger partial charge in [-0.2, -0.15) is 0 Å². The van der Waals surface area contributed by atoms with Crippen LogP contribution in [0.15, 0.2) is 82.4 Å². The Labute approximate surface area is 203 Å². The van der Waals surface area contributed by atoms with Crippen molar-refractivity contribution in [2.24, 2.45) is 0 Å². The zero-order valence-corrected chi connectivity index (χ0v) is 19.8. The number of nitrogens with zero attached hydrogens (tertiary/aromatic N) is 3. The average molecular weight is 475 g/mol. The van der Waals surface area contributed by atoms with Gasteiger partial charge in [0.1, 0.15) is 0 Å². The number of aromatic nitrogens is 2. The van der Waals surface area contributed by atoms with Crippen molar-refractivity contribution in [1.82, 2.24) is 14.5 Å². The minimum Gasteiger partial charge on any atom is -0.368 e. The zero-order chi connectivity index (χ0) is 23.7. The van der Waals surface area contributed by atoms with Gasteiger partial charge >= 0.3 is 5.69 Å². The summed E-state index contributed by atoms with van der Waals surface area (Å²) >= 11 is 6.55. The third-order valence-electron chi connectivity index (χ3n) is 6.53. The summed E-state index contributed by atoms with van der Waals surface area (Å²) in [6, 6.07) is 22.7. The van der Waals surface area contributed by atoms with Crippen LogP contribution in [0.25, 0.3) is 10.9 Å². The molecule has 34 heavy (non-hydrogen) atoms. The van der Waals surface area contributed by atoms with Crippen LogP contribution in [0.3, 0.4) is 0 Å². The van der Waals surface area contributed by atoms with Gasteiger partial charge in [-0.1, -0.05) is 72.3 Å². The van der Waals surface area contributed by atoms with E-state index in [-0.39, 0.29) is 11.2 Å². The smallest absolute Gasteiger partial charge is 0.332 e. The van der Waals surface area contributed by atoms with Gasteiger partial charge in [0, 0.05) is 31.2 Å². The van der Waals surface area contributed by atoms with Gasteiger partial charge < -0.3 is 10.2 Å². The van der Waals surface area contributed by atoms with Gasteiger partial charge in [0.2, 0.25) is 0 Å². The molecule has 0 bridgehead atoms. The molecule has 1 N–H and O–H groups in total. The van der Waals surface area contributed by atoms with E-state index in [1.807, 2.05) is 73.7 Å². The Morgan fingerprint density at radius 1 is 0.941 bits per heavy atom. The molecule has 7 heteroatoms. The van der Waals surface area contributed by atoms with Crippen LogP contribution in [0, 0.1) is 0 Å². The zero-order valence-electron chi connectivity index (χ0n) is 19.1. The highest BCUT2D eigenvalue weighted by atomic mass is 35.5. The number of hydrogen-bond donors (Lipinski definition) is 1. The molecular weight excluding hydrogens is 448 g/mol. The van der Waals surface area contributed by atoms with Crippen molar-refractivity contribution in [2.45, 2.75) is 19.5 Å². The van der Waals surface area contributed by atoms with Crippen LogP contribution in [-0.2, 0) is 6.54 Å². The third-order valence-corrected chi connectivity index (χ3v) is 6.75. The molecular formula is C27H27ClN4O2. The maximum atomic E-state index is 14.0. The monoisotopic (exact) mass is 474 g/mol. The van der Waals surface area contributed by atoms with E-state index in [1.165, 1.54) is 4.57 Å². The average Bonchev–Trinajstić information content (AvgIpc) is 2.87. The molecule has 1 unspecified atom stereocenters. The molecule has 0 radical (unpaired) electrons. The summed E-state index contributed by atoms with van der Waals surface area (Å²) in [5.74, 6) is 0. The van der Waals surface area contributed by atoms with Gasteiger partial charge in [-0.05, 0) is 30.2 Å². The van der Waals surface area contributed by atoms with E-state index in [0.717, 1.165) is 43.0 Å². The Kier molecular flexibility index (Phi) is 6.26. The molecule has 1 aromatic heterocycles.